The van der Waals surface area contributed by atoms with Crippen molar-refractivity contribution in [1.82, 2.24) is 9.97 Å². The van der Waals surface area contributed by atoms with Gasteiger partial charge in [-0.1, -0.05) is 0 Å². The Labute approximate surface area is 178 Å². The average Bonchev–Trinajstić information content (AvgIpc) is 3.27. The molecule has 31 heavy (non-hydrogen) atoms. The summed E-state index contributed by atoms with van der Waals surface area (Å²) in [6.07, 6.45) is 0. The Bertz CT molecular complexity index is 1520. The van der Waals surface area contributed by atoms with Gasteiger partial charge in [0.05, 0.1) is 21.8 Å². The van der Waals surface area contributed by atoms with Crippen LogP contribution < -0.4 is 20.5 Å². The van der Waals surface area contributed by atoms with Gasteiger partial charge in [0.25, 0.3) is 15.9 Å². The van der Waals surface area contributed by atoms with Crippen LogP contribution in [0, 0.1) is 6.92 Å². The number of aryl methyl sites for hydroxylation is 1. The van der Waals surface area contributed by atoms with Crippen LogP contribution in [0.25, 0.3) is 22.4 Å². The fourth-order valence-electron chi connectivity index (χ4n) is 3.21. The summed E-state index contributed by atoms with van der Waals surface area (Å²) in [7, 11) is -3.96. The van der Waals surface area contributed by atoms with Crippen LogP contribution >= 0.6 is 11.3 Å². The van der Waals surface area contributed by atoms with E-state index in [0.717, 1.165) is 4.88 Å². The molecule has 1 amide bonds. The minimum absolute atomic E-state index is 0.0358. The standard InChI is InChI=1S/C19H14N4O6S2/c1-9-17(10-2-5-14-13(6-10)20-16(24)8-28-14)22-18(30-9)23-31(26,27)11-3-4-12-15(7-11)29-19(25)21-12/h2-7H,8H2,1H3,(H,20,24)(H,21,25)(H,22,23). The molecule has 0 radical (unpaired) electrons. The number of aromatic amines is 1. The number of rotatable bonds is 4. The van der Waals surface area contributed by atoms with Crippen molar-refractivity contribution in [1.29, 1.82) is 0 Å². The first-order valence-corrected chi connectivity index (χ1v) is 11.3. The molecule has 2 aromatic heterocycles. The van der Waals surface area contributed by atoms with Gasteiger partial charge >= 0.3 is 5.76 Å². The van der Waals surface area contributed by atoms with Crippen LogP contribution in [0.5, 0.6) is 5.75 Å². The third-order valence-corrected chi connectivity index (χ3v) is 6.96. The number of nitrogens with zero attached hydrogens (tertiary/aromatic N) is 1. The van der Waals surface area contributed by atoms with E-state index in [9.17, 15) is 18.0 Å². The van der Waals surface area contributed by atoms with E-state index in [1.54, 1.807) is 18.2 Å². The highest BCUT2D eigenvalue weighted by atomic mass is 32.2. The molecule has 0 saturated carbocycles. The zero-order chi connectivity index (χ0) is 21.8. The van der Waals surface area contributed by atoms with Crippen LogP contribution in [0.4, 0.5) is 10.8 Å². The Morgan fingerprint density at radius 2 is 2.00 bits per heavy atom. The average molecular weight is 458 g/mol. The van der Waals surface area contributed by atoms with Crippen molar-refractivity contribution in [3.05, 3.63) is 51.8 Å². The van der Waals surface area contributed by atoms with E-state index in [4.69, 9.17) is 9.15 Å². The molecule has 158 valence electrons. The lowest BCUT2D eigenvalue weighted by Gasteiger charge is -2.18. The normalized spacial score (nSPS) is 13.5. The number of carbonyl (C=O) groups excluding carboxylic acids is 1. The lowest BCUT2D eigenvalue weighted by molar-refractivity contribution is -0.118. The molecule has 0 spiro atoms. The lowest BCUT2D eigenvalue weighted by Crippen LogP contribution is -2.25. The monoisotopic (exact) mass is 458 g/mol. The number of oxazole rings is 1. The van der Waals surface area contributed by atoms with Crippen LogP contribution in [0.1, 0.15) is 4.88 Å². The lowest BCUT2D eigenvalue weighted by atomic mass is 10.1. The zero-order valence-corrected chi connectivity index (χ0v) is 17.5. The quantitative estimate of drug-likeness (QED) is 0.426. The molecule has 0 fully saturated rings. The number of ether oxygens (including phenoxy) is 1. The minimum atomic E-state index is -3.96. The largest absolute Gasteiger partial charge is 0.482 e. The first-order valence-electron chi connectivity index (χ1n) is 8.99. The predicted molar refractivity (Wildman–Crippen MR) is 114 cm³/mol. The maximum absolute atomic E-state index is 12.8. The number of sulfonamides is 1. The molecule has 2 aromatic carbocycles. The van der Waals surface area contributed by atoms with Crippen molar-refractivity contribution in [2.24, 2.45) is 0 Å². The zero-order valence-electron chi connectivity index (χ0n) is 15.9. The molecule has 0 aliphatic carbocycles. The summed E-state index contributed by atoms with van der Waals surface area (Å²) in [4.78, 5) is 30.5. The van der Waals surface area contributed by atoms with E-state index >= 15 is 0 Å². The molecule has 3 heterocycles. The van der Waals surface area contributed by atoms with E-state index in [0.29, 0.717) is 28.2 Å². The van der Waals surface area contributed by atoms with Crippen molar-refractivity contribution >= 4 is 49.2 Å². The number of fused-ring (bicyclic) bond motifs is 2. The highest BCUT2D eigenvalue weighted by Crippen LogP contribution is 2.36. The van der Waals surface area contributed by atoms with Gasteiger partial charge in [0.15, 0.2) is 17.3 Å². The van der Waals surface area contributed by atoms with Gasteiger partial charge in [-0.2, -0.15) is 0 Å². The second kappa shape index (κ2) is 6.96. The van der Waals surface area contributed by atoms with Gasteiger partial charge in [0, 0.05) is 16.5 Å². The molecule has 0 unspecified atom stereocenters. The summed E-state index contributed by atoms with van der Waals surface area (Å²) in [6, 6.07) is 9.34. The Morgan fingerprint density at radius 3 is 2.84 bits per heavy atom. The van der Waals surface area contributed by atoms with Crippen molar-refractivity contribution in [3.8, 4) is 17.0 Å². The molecule has 12 heteroatoms. The summed E-state index contributed by atoms with van der Waals surface area (Å²) in [5, 5.41) is 2.92. The van der Waals surface area contributed by atoms with E-state index < -0.39 is 15.8 Å². The predicted octanol–water partition coefficient (Wildman–Crippen LogP) is 2.68. The second-order valence-electron chi connectivity index (χ2n) is 6.75. The topological polar surface area (TPSA) is 143 Å². The highest BCUT2D eigenvalue weighted by molar-refractivity contribution is 7.93. The molecule has 3 N–H and O–H groups in total. The van der Waals surface area contributed by atoms with Crippen LogP contribution in [0.15, 0.2) is 50.5 Å². The summed E-state index contributed by atoms with van der Waals surface area (Å²) in [6.45, 7) is 1.78. The van der Waals surface area contributed by atoms with Crippen molar-refractivity contribution in [2.75, 3.05) is 16.6 Å². The molecule has 0 bridgehead atoms. The van der Waals surface area contributed by atoms with Gasteiger partial charge in [0.1, 0.15) is 5.75 Å². The fraction of sp³-hybridized carbons (Fsp3) is 0.105. The van der Waals surface area contributed by atoms with Gasteiger partial charge in [-0.25, -0.2) is 18.2 Å². The van der Waals surface area contributed by atoms with Crippen LogP contribution in [-0.2, 0) is 14.8 Å². The number of nitrogens with one attached hydrogen (secondary N) is 3. The summed E-state index contributed by atoms with van der Waals surface area (Å²) >= 11 is 1.18. The molecule has 5 rings (SSSR count). The van der Waals surface area contributed by atoms with Crippen LogP contribution in [-0.4, -0.2) is 30.9 Å². The third kappa shape index (κ3) is 3.55. The number of thiazole rings is 1. The van der Waals surface area contributed by atoms with Crippen LogP contribution in [0.2, 0.25) is 0 Å². The molecular formula is C19H14N4O6S2. The Morgan fingerprint density at radius 1 is 1.16 bits per heavy atom. The number of hydrogen-bond donors (Lipinski definition) is 3. The van der Waals surface area contributed by atoms with Crippen molar-refractivity contribution in [3.63, 3.8) is 0 Å². The van der Waals surface area contributed by atoms with Crippen molar-refractivity contribution < 1.29 is 22.4 Å². The smallest absolute Gasteiger partial charge is 0.417 e. The molecule has 1 aliphatic rings. The number of aromatic nitrogens is 2. The summed E-state index contributed by atoms with van der Waals surface area (Å²) in [5.41, 5.74) is 2.36. The molecule has 1 aliphatic heterocycles. The van der Waals surface area contributed by atoms with E-state index in [1.165, 1.54) is 29.5 Å². The second-order valence-corrected chi connectivity index (χ2v) is 9.64. The van der Waals surface area contributed by atoms with Gasteiger partial charge in [-0.3, -0.25) is 14.5 Å². The van der Waals surface area contributed by atoms with Gasteiger partial charge in [0.2, 0.25) is 0 Å². The Kier molecular flexibility index (Phi) is 4.34. The SMILES string of the molecule is Cc1sc(NS(=O)(=O)c2ccc3[nH]c(=O)oc3c2)nc1-c1ccc2c(c1)NC(=O)CO2. The van der Waals surface area contributed by atoms with E-state index in [1.807, 2.05) is 6.92 Å². The number of benzene rings is 2. The summed E-state index contributed by atoms with van der Waals surface area (Å²) < 4.78 is 38.3. The van der Waals surface area contributed by atoms with Crippen LogP contribution in [0.3, 0.4) is 0 Å². The Hall–Kier alpha value is -3.64. The minimum Gasteiger partial charge on any atom is -0.482 e. The third-order valence-electron chi connectivity index (χ3n) is 4.61. The van der Waals surface area contributed by atoms with Gasteiger partial charge < -0.3 is 14.5 Å². The van der Waals surface area contributed by atoms with E-state index in [-0.39, 0.29) is 28.1 Å². The molecule has 10 nitrogen and oxygen atoms in total. The molecule has 0 atom stereocenters. The molecular weight excluding hydrogens is 444 g/mol. The number of carbonyl (C=O) groups is 1. The number of H-pyrrole nitrogens is 1. The maximum Gasteiger partial charge on any atom is 0.417 e. The Balaban J connectivity index is 1.45. The highest BCUT2D eigenvalue weighted by Gasteiger charge is 2.21. The van der Waals surface area contributed by atoms with Gasteiger partial charge in [-0.15, -0.1) is 11.3 Å². The molecule has 4 aromatic rings. The molecule has 0 saturated heterocycles. The maximum atomic E-state index is 12.8. The van der Waals surface area contributed by atoms with E-state index in [2.05, 4.69) is 20.0 Å². The first kappa shape index (κ1) is 19.3. The first-order chi connectivity index (χ1) is 14.8. The number of amides is 1. The van der Waals surface area contributed by atoms with Crippen molar-refractivity contribution in [2.45, 2.75) is 11.8 Å². The van der Waals surface area contributed by atoms with Gasteiger partial charge in [-0.05, 0) is 37.3 Å². The number of hydrogen-bond acceptors (Lipinski definition) is 8. The summed E-state index contributed by atoms with van der Waals surface area (Å²) in [5.74, 6) is -0.350. The number of anilines is 2. The fourth-order valence-corrected chi connectivity index (χ4v) is 5.29.